The first-order chi connectivity index (χ1) is 12.4. The Hall–Kier alpha value is -1.89. The van der Waals surface area contributed by atoms with Crippen LogP contribution in [-0.4, -0.2) is 27.4 Å². The van der Waals surface area contributed by atoms with E-state index in [9.17, 15) is 13.2 Å². The maximum absolute atomic E-state index is 12.3. The molecule has 0 atom stereocenters. The maximum Gasteiger partial charge on any atom is 0.251 e. The summed E-state index contributed by atoms with van der Waals surface area (Å²) in [6, 6.07) is 13.2. The highest BCUT2D eigenvalue weighted by Gasteiger charge is 2.14. The second-order valence-electron chi connectivity index (χ2n) is 5.91. The third kappa shape index (κ3) is 6.12. The van der Waals surface area contributed by atoms with Crippen molar-refractivity contribution in [3.63, 3.8) is 0 Å². The van der Waals surface area contributed by atoms with Gasteiger partial charge in [-0.2, -0.15) is 0 Å². The molecule has 0 aliphatic heterocycles. The van der Waals surface area contributed by atoms with Crippen molar-refractivity contribution in [2.45, 2.75) is 31.1 Å². The van der Waals surface area contributed by atoms with E-state index >= 15 is 0 Å². The summed E-state index contributed by atoms with van der Waals surface area (Å²) in [5, 5.41) is 3.45. The molecule has 5 nitrogen and oxygen atoms in total. The Morgan fingerprint density at radius 3 is 2.27 bits per heavy atom. The molecule has 140 valence electrons. The van der Waals surface area contributed by atoms with Crippen LogP contribution < -0.4 is 10.0 Å². The molecule has 0 saturated heterocycles. The van der Waals surface area contributed by atoms with Gasteiger partial charge in [-0.3, -0.25) is 4.79 Å². The summed E-state index contributed by atoms with van der Waals surface area (Å²) in [7, 11) is -3.61. The second-order valence-corrected chi connectivity index (χ2v) is 8.11. The first-order valence-electron chi connectivity index (χ1n) is 8.55. The van der Waals surface area contributed by atoms with E-state index in [-0.39, 0.29) is 17.3 Å². The van der Waals surface area contributed by atoms with Crippen LogP contribution in [0.25, 0.3) is 0 Å². The zero-order valence-electron chi connectivity index (χ0n) is 14.7. The fraction of sp³-hybridized carbons (Fsp3) is 0.316. The van der Waals surface area contributed by atoms with Crippen molar-refractivity contribution in [2.24, 2.45) is 0 Å². The molecule has 2 rings (SSSR count). The van der Waals surface area contributed by atoms with E-state index in [1.807, 2.05) is 19.1 Å². The van der Waals surface area contributed by atoms with Gasteiger partial charge in [0, 0.05) is 23.7 Å². The molecule has 7 heteroatoms. The fourth-order valence-corrected chi connectivity index (χ4v) is 3.49. The molecule has 2 aromatic carbocycles. The molecule has 0 fully saturated rings. The van der Waals surface area contributed by atoms with Crippen LogP contribution in [0.1, 0.15) is 35.7 Å². The molecule has 26 heavy (non-hydrogen) atoms. The third-order valence-electron chi connectivity index (χ3n) is 3.86. The molecule has 0 bridgehead atoms. The number of carbonyl (C=O) groups excluding carboxylic acids is 1. The summed E-state index contributed by atoms with van der Waals surface area (Å²) in [6.07, 6.45) is 2.48. The molecule has 0 aromatic heterocycles. The lowest BCUT2D eigenvalue weighted by Crippen LogP contribution is -2.26. The van der Waals surface area contributed by atoms with Gasteiger partial charge in [-0.15, -0.1) is 0 Å². The van der Waals surface area contributed by atoms with Gasteiger partial charge in [0.1, 0.15) is 0 Å². The zero-order valence-corrected chi connectivity index (χ0v) is 16.2. The summed E-state index contributed by atoms with van der Waals surface area (Å²) in [4.78, 5) is 12.1. The lowest BCUT2D eigenvalue weighted by atomic mass is 10.2. The average Bonchev–Trinajstić information content (AvgIpc) is 2.63. The predicted molar refractivity (Wildman–Crippen MR) is 104 cm³/mol. The average molecular weight is 395 g/mol. The number of sulfonamides is 1. The molecular formula is C19H23ClN2O3S. The Labute approximate surface area is 159 Å². The molecule has 0 heterocycles. The molecule has 0 aliphatic rings. The number of rotatable bonds is 9. The van der Waals surface area contributed by atoms with Gasteiger partial charge >= 0.3 is 0 Å². The molecule has 2 N–H and O–H groups in total. The first-order valence-corrected chi connectivity index (χ1v) is 10.4. The van der Waals surface area contributed by atoms with Gasteiger partial charge in [-0.25, -0.2) is 13.1 Å². The number of unbranched alkanes of at least 4 members (excludes halogenated alkanes) is 1. The molecule has 1 amide bonds. The van der Waals surface area contributed by atoms with Gasteiger partial charge in [0.05, 0.1) is 4.90 Å². The largest absolute Gasteiger partial charge is 0.352 e. The van der Waals surface area contributed by atoms with E-state index < -0.39 is 10.0 Å². The summed E-state index contributed by atoms with van der Waals surface area (Å²) in [6.45, 7) is 2.94. The SMILES string of the molecule is CCCCNC(=O)c1ccc(S(=O)(=O)NCCc2ccc(Cl)cc2)cc1. The van der Waals surface area contributed by atoms with Gasteiger partial charge in [0.2, 0.25) is 10.0 Å². The quantitative estimate of drug-likeness (QED) is 0.640. The minimum Gasteiger partial charge on any atom is -0.352 e. The number of nitrogens with one attached hydrogen (secondary N) is 2. The summed E-state index contributed by atoms with van der Waals surface area (Å²) < 4.78 is 27.2. The molecule has 2 aromatic rings. The minimum atomic E-state index is -3.61. The molecule has 0 spiro atoms. The summed E-state index contributed by atoms with van der Waals surface area (Å²) in [5.41, 5.74) is 1.44. The van der Waals surface area contributed by atoms with E-state index in [0.717, 1.165) is 18.4 Å². The second kappa shape index (κ2) is 9.71. The molecule has 0 unspecified atom stereocenters. The highest BCUT2D eigenvalue weighted by Crippen LogP contribution is 2.12. The van der Waals surface area contributed by atoms with Crippen LogP contribution in [0.4, 0.5) is 0 Å². The first kappa shape index (κ1) is 20.4. The Kier molecular flexibility index (Phi) is 7.63. The summed E-state index contributed by atoms with van der Waals surface area (Å²) in [5.74, 6) is -0.196. The van der Waals surface area contributed by atoms with E-state index in [1.165, 1.54) is 24.3 Å². The minimum absolute atomic E-state index is 0.138. The number of benzene rings is 2. The van der Waals surface area contributed by atoms with E-state index in [0.29, 0.717) is 23.6 Å². The van der Waals surface area contributed by atoms with Crippen LogP contribution in [-0.2, 0) is 16.4 Å². The van der Waals surface area contributed by atoms with Crippen LogP contribution in [0.15, 0.2) is 53.4 Å². The highest BCUT2D eigenvalue weighted by atomic mass is 35.5. The zero-order chi connectivity index (χ0) is 19.0. The van der Waals surface area contributed by atoms with Crippen molar-refractivity contribution < 1.29 is 13.2 Å². The van der Waals surface area contributed by atoms with Crippen molar-refractivity contribution in [2.75, 3.05) is 13.1 Å². The number of halogens is 1. The van der Waals surface area contributed by atoms with Gasteiger partial charge in [0.25, 0.3) is 5.91 Å². The predicted octanol–water partition coefficient (Wildman–Crippen LogP) is 3.39. The Bertz CT molecular complexity index is 819. The summed E-state index contributed by atoms with van der Waals surface area (Å²) >= 11 is 5.83. The Balaban J connectivity index is 1.91. The fourth-order valence-electron chi connectivity index (χ4n) is 2.33. The smallest absolute Gasteiger partial charge is 0.251 e. The van der Waals surface area contributed by atoms with Crippen LogP contribution in [0, 0.1) is 0 Å². The molecule has 0 aliphatic carbocycles. The van der Waals surface area contributed by atoms with Gasteiger partial charge < -0.3 is 5.32 Å². The van der Waals surface area contributed by atoms with Gasteiger partial charge in [-0.1, -0.05) is 37.1 Å². The highest BCUT2D eigenvalue weighted by molar-refractivity contribution is 7.89. The maximum atomic E-state index is 12.3. The molecule has 0 saturated carbocycles. The lowest BCUT2D eigenvalue weighted by molar-refractivity contribution is 0.0953. The van der Waals surface area contributed by atoms with Crippen LogP contribution in [0.5, 0.6) is 0 Å². The number of hydrogen-bond donors (Lipinski definition) is 2. The van der Waals surface area contributed by atoms with Crippen molar-refractivity contribution in [1.82, 2.24) is 10.0 Å². The number of carbonyl (C=O) groups is 1. The number of hydrogen-bond acceptors (Lipinski definition) is 3. The Morgan fingerprint density at radius 1 is 1.00 bits per heavy atom. The molecular weight excluding hydrogens is 372 g/mol. The Morgan fingerprint density at radius 2 is 1.65 bits per heavy atom. The standard InChI is InChI=1S/C19H23ClN2O3S/c1-2-3-13-21-19(23)16-6-10-18(11-7-16)26(24,25)22-14-12-15-4-8-17(20)9-5-15/h4-11,22H,2-3,12-14H2,1H3,(H,21,23). The van der Waals surface area contributed by atoms with Crippen molar-refractivity contribution in [3.05, 3.63) is 64.7 Å². The van der Waals surface area contributed by atoms with Crippen molar-refractivity contribution >= 4 is 27.5 Å². The number of amides is 1. The molecule has 0 radical (unpaired) electrons. The van der Waals surface area contributed by atoms with E-state index in [2.05, 4.69) is 10.0 Å². The van der Waals surface area contributed by atoms with Gasteiger partial charge in [-0.05, 0) is 54.8 Å². The van der Waals surface area contributed by atoms with Crippen molar-refractivity contribution in [1.29, 1.82) is 0 Å². The lowest BCUT2D eigenvalue weighted by Gasteiger charge is -2.08. The topological polar surface area (TPSA) is 75.3 Å². The van der Waals surface area contributed by atoms with Crippen LogP contribution in [0.3, 0.4) is 0 Å². The normalized spacial score (nSPS) is 11.3. The van der Waals surface area contributed by atoms with Gasteiger partial charge in [0.15, 0.2) is 0 Å². The van der Waals surface area contributed by atoms with Crippen molar-refractivity contribution in [3.8, 4) is 0 Å². The van der Waals surface area contributed by atoms with E-state index in [4.69, 9.17) is 11.6 Å². The van der Waals surface area contributed by atoms with Crippen LogP contribution in [0.2, 0.25) is 5.02 Å². The monoisotopic (exact) mass is 394 g/mol. The van der Waals surface area contributed by atoms with Crippen LogP contribution >= 0.6 is 11.6 Å². The third-order valence-corrected chi connectivity index (χ3v) is 5.59. The van der Waals surface area contributed by atoms with E-state index in [1.54, 1.807) is 12.1 Å².